The molecule has 0 aromatic heterocycles. The molecule has 94 valence electrons. The quantitative estimate of drug-likeness (QED) is 0.501. The van der Waals surface area contributed by atoms with E-state index in [1.165, 1.54) is 24.8 Å². The maximum absolute atomic E-state index is 11.0. The van der Waals surface area contributed by atoms with Crippen LogP contribution in [0, 0.1) is 0 Å². The zero-order chi connectivity index (χ0) is 12.5. The third kappa shape index (κ3) is 4.59. The van der Waals surface area contributed by atoms with E-state index in [4.69, 9.17) is 4.74 Å². The van der Waals surface area contributed by atoms with E-state index in [1.807, 2.05) is 18.2 Å². The molecule has 0 fully saturated rings. The number of hydrogen-bond acceptors (Lipinski definition) is 2. The topological polar surface area (TPSA) is 26.3 Å². The number of aldehydes is 1. The summed E-state index contributed by atoms with van der Waals surface area (Å²) in [6, 6.07) is 5.84. The molecular weight excluding hydrogens is 212 g/mol. The minimum absolute atomic E-state index is 0.667. The first-order valence-corrected chi connectivity index (χ1v) is 6.52. The summed E-state index contributed by atoms with van der Waals surface area (Å²) in [5.41, 5.74) is 1.84. The lowest BCUT2D eigenvalue weighted by Crippen LogP contribution is -2.00. The molecule has 0 radical (unpaired) electrons. The molecule has 1 aromatic rings. The fourth-order valence-corrected chi connectivity index (χ4v) is 1.75. The molecule has 1 rings (SSSR count). The summed E-state index contributed by atoms with van der Waals surface area (Å²) in [4.78, 5) is 11.0. The Morgan fingerprint density at radius 2 is 2.00 bits per heavy atom. The van der Waals surface area contributed by atoms with Crippen molar-refractivity contribution in [2.75, 3.05) is 6.61 Å². The number of ether oxygens (including phenoxy) is 1. The van der Waals surface area contributed by atoms with Crippen LogP contribution < -0.4 is 4.74 Å². The molecule has 0 aliphatic carbocycles. The van der Waals surface area contributed by atoms with Gasteiger partial charge in [0.2, 0.25) is 0 Å². The summed E-state index contributed by atoms with van der Waals surface area (Å²) in [7, 11) is 0. The Morgan fingerprint density at radius 1 is 1.18 bits per heavy atom. The third-order valence-corrected chi connectivity index (χ3v) is 2.86. The molecule has 0 saturated carbocycles. The summed E-state index contributed by atoms with van der Waals surface area (Å²) in [5, 5.41) is 0. The molecule has 1 aromatic carbocycles. The van der Waals surface area contributed by atoms with Gasteiger partial charge in [-0.2, -0.15) is 0 Å². The van der Waals surface area contributed by atoms with Crippen LogP contribution >= 0.6 is 0 Å². The molecule has 0 saturated heterocycles. The van der Waals surface area contributed by atoms with Gasteiger partial charge >= 0.3 is 0 Å². The summed E-state index contributed by atoms with van der Waals surface area (Å²) >= 11 is 0. The molecule has 0 aliphatic rings. The number of aryl methyl sites for hydroxylation is 1. The van der Waals surface area contributed by atoms with Crippen molar-refractivity contribution in [2.45, 2.75) is 46.0 Å². The van der Waals surface area contributed by atoms with Crippen molar-refractivity contribution in [2.24, 2.45) is 0 Å². The SMILES string of the molecule is CCCCCCOc1ccc(CC)cc1C=O. The molecule has 0 N–H and O–H groups in total. The van der Waals surface area contributed by atoms with E-state index in [9.17, 15) is 4.79 Å². The minimum atomic E-state index is 0.667. The van der Waals surface area contributed by atoms with Gasteiger partial charge in [0.25, 0.3) is 0 Å². The molecule has 0 heterocycles. The largest absolute Gasteiger partial charge is 0.493 e. The first-order chi connectivity index (χ1) is 8.31. The zero-order valence-electron chi connectivity index (χ0n) is 10.9. The van der Waals surface area contributed by atoms with Crippen molar-refractivity contribution < 1.29 is 9.53 Å². The lowest BCUT2D eigenvalue weighted by molar-refractivity contribution is 0.111. The third-order valence-electron chi connectivity index (χ3n) is 2.86. The maximum Gasteiger partial charge on any atom is 0.153 e. The van der Waals surface area contributed by atoms with E-state index in [0.717, 1.165) is 19.1 Å². The summed E-state index contributed by atoms with van der Waals surface area (Å²) < 4.78 is 5.64. The van der Waals surface area contributed by atoms with Crippen molar-refractivity contribution >= 4 is 6.29 Å². The van der Waals surface area contributed by atoms with Gasteiger partial charge in [0.15, 0.2) is 6.29 Å². The molecule has 0 unspecified atom stereocenters. The number of unbranched alkanes of at least 4 members (excludes halogenated alkanes) is 3. The van der Waals surface area contributed by atoms with E-state index < -0.39 is 0 Å². The standard InChI is InChI=1S/C15H22O2/c1-3-5-6-7-10-17-15-9-8-13(4-2)11-14(15)12-16/h8-9,11-12H,3-7,10H2,1-2H3. The Bertz CT molecular complexity index is 345. The van der Waals surface area contributed by atoms with Gasteiger partial charge in [-0.15, -0.1) is 0 Å². The predicted molar refractivity (Wildman–Crippen MR) is 70.8 cm³/mol. The van der Waals surface area contributed by atoms with Gasteiger partial charge in [0.05, 0.1) is 12.2 Å². The van der Waals surface area contributed by atoms with Crippen LogP contribution in [0.4, 0.5) is 0 Å². The lowest BCUT2D eigenvalue weighted by Gasteiger charge is -2.09. The number of rotatable bonds is 8. The molecule has 0 spiro atoms. The highest BCUT2D eigenvalue weighted by molar-refractivity contribution is 5.79. The molecule has 0 amide bonds. The maximum atomic E-state index is 11.0. The van der Waals surface area contributed by atoms with Crippen LogP contribution in [0.2, 0.25) is 0 Å². The first-order valence-electron chi connectivity index (χ1n) is 6.52. The van der Waals surface area contributed by atoms with Crippen LogP contribution in [0.25, 0.3) is 0 Å². The van der Waals surface area contributed by atoms with E-state index in [-0.39, 0.29) is 0 Å². The van der Waals surface area contributed by atoms with Crippen LogP contribution in [0.1, 0.15) is 55.5 Å². The average molecular weight is 234 g/mol. The monoisotopic (exact) mass is 234 g/mol. The lowest BCUT2D eigenvalue weighted by atomic mass is 10.1. The highest BCUT2D eigenvalue weighted by Gasteiger charge is 2.03. The van der Waals surface area contributed by atoms with Crippen molar-refractivity contribution in [3.8, 4) is 5.75 Å². The van der Waals surface area contributed by atoms with E-state index in [0.29, 0.717) is 17.9 Å². The van der Waals surface area contributed by atoms with Gasteiger partial charge in [-0.25, -0.2) is 0 Å². The smallest absolute Gasteiger partial charge is 0.153 e. The van der Waals surface area contributed by atoms with Crippen molar-refractivity contribution in [3.05, 3.63) is 29.3 Å². The number of benzene rings is 1. The Hall–Kier alpha value is -1.31. The fourth-order valence-electron chi connectivity index (χ4n) is 1.75. The van der Waals surface area contributed by atoms with Crippen LogP contribution in [0.3, 0.4) is 0 Å². The summed E-state index contributed by atoms with van der Waals surface area (Å²) in [6.07, 6.45) is 6.54. The average Bonchev–Trinajstić information content (AvgIpc) is 2.38. The fraction of sp³-hybridized carbons (Fsp3) is 0.533. The highest BCUT2D eigenvalue weighted by Crippen LogP contribution is 2.19. The molecule has 2 heteroatoms. The second-order valence-corrected chi connectivity index (χ2v) is 4.25. The number of carbonyl (C=O) groups excluding carboxylic acids is 1. The molecule has 2 nitrogen and oxygen atoms in total. The van der Waals surface area contributed by atoms with Crippen LogP contribution in [-0.4, -0.2) is 12.9 Å². The normalized spacial score (nSPS) is 10.2. The van der Waals surface area contributed by atoms with E-state index in [1.54, 1.807) is 0 Å². The molecule has 17 heavy (non-hydrogen) atoms. The summed E-state index contributed by atoms with van der Waals surface area (Å²) in [5.74, 6) is 0.716. The first kappa shape index (κ1) is 13.8. The van der Waals surface area contributed by atoms with Crippen LogP contribution in [-0.2, 0) is 6.42 Å². The van der Waals surface area contributed by atoms with E-state index >= 15 is 0 Å². The zero-order valence-corrected chi connectivity index (χ0v) is 10.9. The Kier molecular flexibility index (Phi) is 6.38. The highest BCUT2D eigenvalue weighted by atomic mass is 16.5. The summed E-state index contributed by atoms with van der Waals surface area (Å²) in [6.45, 7) is 4.97. The molecule has 0 atom stereocenters. The molecular formula is C15H22O2. The van der Waals surface area contributed by atoms with Crippen molar-refractivity contribution in [3.63, 3.8) is 0 Å². The van der Waals surface area contributed by atoms with Gasteiger partial charge in [-0.05, 0) is 30.5 Å². The number of carbonyl (C=O) groups is 1. The predicted octanol–water partition coefficient (Wildman–Crippen LogP) is 4.02. The van der Waals surface area contributed by atoms with Gasteiger partial charge in [-0.3, -0.25) is 4.79 Å². The van der Waals surface area contributed by atoms with Gasteiger partial charge in [0, 0.05) is 0 Å². The second kappa shape index (κ2) is 7.88. The van der Waals surface area contributed by atoms with Crippen molar-refractivity contribution in [1.29, 1.82) is 0 Å². The Morgan fingerprint density at radius 3 is 2.65 bits per heavy atom. The minimum Gasteiger partial charge on any atom is -0.493 e. The van der Waals surface area contributed by atoms with Crippen molar-refractivity contribution in [1.82, 2.24) is 0 Å². The van der Waals surface area contributed by atoms with Gasteiger partial charge in [0.1, 0.15) is 5.75 Å². The van der Waals surface area contributed by atoms with Gasteiger partial charge in [-0.1, -0.05) is 39.2 Å². The second-order valence-electron chi connectivity index (χ2n) is 4.25. The molecule has 0 bridgehead atoms. The Labute approximate surface area is 104 Å². The number of hydrogen-bond donors (Lipinski definition) is 0. The Balaban J connectivity index is 2.49. The molecule has 0 aliphatic heterocycles. The van der Waals surface area contributed by atoms with E-state index in [2.05, 4.69) is 13.8 Å². The van der Waals surface area contributed by atoms with Crippen LogP contribution in [0.15, 0.2) is 18.2 Å². The van der Waals surface area contributed by atoms with Gasteiger partial charge < -0.3 is 4.74 Å². The van der Waals surface area contributed by atoms with Crippen LogP contribution in [0.5, 0.6) is 5.75 Å².